The lowest BCUT2D eigenvalue weighted by Crippen LogP contribution is -2.42. The molecular weight excluding hydrogens is 380 g/mol. The van der Waals surface area contributed by atoms with Gasteiger partial charge in [-0.05, 0) is 42.2 Å². The van der Waals surface area contributed by atoms with Crippen LogP contribution in [-0.2, 0) is 27.1 Å². The Morgan fingerprint density at radius 2 is 1.93 bits per heavy atom. The molecule has 1 aliphatic carbocycles. The van der Waals surface area contributed by atoms with E-state index in [4.69, 9.17) is 14.5 Å². The number of carbonyl (C=O) groups excluding carboxylic acids is 2. The van der Waals surface area contributed by atoms with Crippen molar-refractivity contribution in [1.29, 1.82) is 0 Å². The van der Waals surface area contributed by atoms with Gasteiger partial charge in [0.15, 0.2) is 6.61 Å². The van der Waals surface area contributed by atoms with Gasteiger partial charge >= 0.3 is 5.97 Å². The van der Waals surface area contributed by atoms with Gasteiger partial charge in [-0.3, -0.25) is 9.78 Å². The number of pyridine rings is 1. The van der Waals surface area contributed by atoms with Crippen LogP contribution < -0.4 is 0 Å². The monoisotopic (exact) mass is 410 g/mol. The first-order valence-corrected chi connectivity index (χ1v) is 10.8. The van der Waals surface area contributed by atoms with Crippen LogP contribution in [0.25, 0.3) is 10.9 Å². The summed E-state index contributed by atoms with van der Waals surface area (Å²) < 4.78 is 10.8. The number of benzene rings is 1. The van der Waals surface area contributed by atoms with E-state index in [-0.39, 0.29) is 17.9 Å². The minimum atomic E-state index is -0.430. The van der Waals surface area contributed by atoms with E-state index in [9.17, 15) is 9.59 Å². The maximum Gasteiger partial charge on any atom is 0.339 e. The maximum atomic E-state index is 13.2. The van der Waals surface area contributed by atoms with Gasteiger partial charge in [-0.2, -0.15) is 0 Å². The van der Waals surface area contributed by atoms with Crippen LogP contribution in [0.5, 0.6) is 0 Å². The Balaban J connectivity index is 1.63. The normalized spacial score (nSPS) is 19.4. The number of hydrogen-bond acceptors (Lipinski definition) is 5. The zero-order valence-electron chi connectivity index (χ0n) is 18.1. The Labute approximate surface area is 177 Å². The second kappa shape index (κ2) is 8.34. The highest BCUT2D eigenvalue weighted by molar-refractivity contribution is 6.05. The molecule has 1 amide bonds. The second-order valence-corrected chi connectivity index (χ2v) is 9.30. The number of aromatic nitrogens is 1. The fourth-order valence-corrected chi connectivity index (χ4v) is 4.46. The molecule has 1 aromatic carbocycles. The SMILES string of the molecule is CC(C)(C)[C@@H]1CCc2nc3ccccc3c(C(=O)OCC(=O)N3CCOCC3)c2C1. The van der Waals surface area contributed by atoms with Crippen LogP contribution in [0, 0.1) is 11.3 Å². The third kappa shape index (κ3) is 4.19. The number of carbonyl (C=O) groups is 2. The van der Waals surface area contributed by atoms with Gasteiger partial charge in [0.25, 0.3) is 5.91 Å². The van der Waals surface area contributed by atoms with Gasteiger partial charge in [0, 0.05) is 24.2 Å². The molecule has 2 heterocycles. The Morgan fingerprint density at radius 1 is 1.20 bits per heavy atom. The molecule has 1 atom stereocenters. The molecule has 0 N–H and O–H groups in total. The van der Waals surface area contributed by atoms with Gasteiger partial charge in [-0.1, -0.05) is 39.0 Å². The van der Waals surface area contributed by atoms with Crippen molar-refractivity contribution < 1.29 is 19.1 Å². The fourth-order valence-electron chi connectivity index (χ4n) is 4.46. The molecule has 0 saturated carbocycles. The Kier molecular flexibility index (Phi) is 5.78. The summed E-state index contributed by atoms with van der Waals surface area (Å²) in [6.45, 7) is 8.62. The van der Waals surface area contributed by atoms with E-state index in [0.29, 0.717) is 37.8 Å². The molecule has 1 fully saturated rings. The van der Waals surface area contributed by atoms with Gasteiger partial charge < -0.3 is 14.4 Å². The minimum absolute atomic E-state index is 0.150. The van der Waals surface area contributed by atoms with E-state index in [1.807, 2.05) is 24.3 Å². The molecule has 1 saturated heterocycles. The molecule has 6 heteroatoms. The van der Waals surface area contributed by atoms with E-state index in [1.54, 1.807) is 4.90 Å². The molecule has 2 aliphatic rings. The number of para-hydroxylation sites is 1. The lowest BCUT2D eigenvalue weighted by Gasteiger charge is -2.35. The quantitative estimate of drug-likeness (QED) is 0.726. The van der Waals surface area contributed by atoms with Crippen molar-refractivity contribution in [1.82, 2.24) is 9.88 Å². The van der Waals surface area contributed by atoms with Crippen molar-refractivity contribution in [3.05, 3.63) is 41.1 Å². The predicted molar refractivity (Wildman–Crippen MR) is 114 cm³/mol. The Hall–Kier alpha value is -2.47. The smallest absolute Gasteiger partial charge is 0.339 e. The van der Waals surface area contributed by atoms with E-state index in [2.05, 4.69) is 20.8 Å². The molecule has 30 heavy (non-hydrogen) atoms. The largest absolute Gasteiger partial charge is 0.452 e. The summed E-state index contributed by atoms with van der Waals surface area (Å²) in [5.41, 5.74) is 3.51. The summed E-state index contributed by atoms with van der Waals surface area (Å²) in [5, 5.41) is 0.801. The Bertz CT molecular complexity index is 958. The van der Waals surface area contributed by atoms with Crippen LogP contribution in [0.2, 0.25) is 0 Å². The summed E-state index contributed by atoms with van der Waals surface area (Å²) in [6.07, 6.45) is 2.72. The van der Waals surface area contributed by atoms with E-state index in [1.165, 1.54) is 0 Å². The number of ether oxygens (including phenoxy) is 2. The number of fused-ring (bicyclic) bond motifs is 2. The molecule has 0 radical (unpaired) electrons. The van der Waals surface area contributed by atoms with Crippen LogP contribution in [-0.4, -0.2) is 54.7 Å². The number of amides is 1. The minimum Gasteiger partial charge on any atom is -0.452 e. The standard InChI is InChI=1S/C24H30N2O4/c1-24(2,3)16-8-9-20-18(14-16)22(17-6-4-5-7-19(17)25-20)23(28)30-15-21(27)26-10-12-29-13-11-26/h4-7,16H,8-15H2,1-3H3/t16-/m1/s1. The summed E-state index contributed by atoms with van der Waals surface area (Å²) in [6, 6.07) is 7.69. The zero-order chi connectivity index (χ0) is 21.3. The summed E-state index contributed by atoms with van der Waals surface area (Å²) in [4.78, 5) is 32.2. The number of nitrogens with zero attached hydrogens (tertiary/aromatic N) is 2. The zero-order valence-corrected chi connectivity index (χ0v) is 18.1. The topological polar surface area (TPSA) is 68.7 Å². The van der Waals surface area contributed by atoms with Crippen molar-refractivity contribution in [2.75, 3.05) is 32.9 Å². The number of hydrogen-bond donors (Lipinski definition) is 0. The van der Waals surface area contributed by atoms with Crippen molar-refractivity contribution in [3.63, 3.8) is 0 Å². The molecule has 0 bridgehead atoms. The van der Waals surface area contributed by atoms with Gasteiger partial charge in [-0.25, -0.2) is 4.79 Å². The average molecular weight is 411 g/mol. The van der Waals surface area contributed by atoms with Gasteiger partial charge in [0.2, 0.25) is 0 Å². The van der Waals surface area contributed by atoms with E-state index >= 15 is 0 Å². The summed E-state index contributed by atoms with van der Waals surface area (Å²) in [7, 11) is 0. The first-order chi connectivity index (χ1) is 14.3. The molecule has 1 aromatic heterocycles. The first-order valence-electron chi connectivity index (χ1n) is 10.8. The van der Waals surface area contributed by atoms with Gasteiger partial charge in [0.1, 0.15) is 0 Å². The van der Waals surface area contributed by atoms with Crippen LogP contribution in [0.15, 0.2) is 24.3 Å². The number of aryl methyl sites for hydroxylation is 1. The van der Waals surface area contributed by atoms with Gasteiger partial charge in [-0.15, -0.1) is 0 Å². The molecule has 1 aliphatic heterocycles. The van der Waals surface area contributed by atoms with Crippen LogP contribution in [0.1, 0.15) is 48.8 Å². The fraction of sp³-hybridized carbons (Fsp3) is 0.542. The number of morpholine rings is 1. The molecule has 160 valence electrons. The molecular formula is C24H30N2O4. The third-order valence-electron chi connectivity index (χ3n) is 6.38. The van der Waals surface area contributed by atoms with E-state index < -0.39 is 5.97 Å². The highest BCUT2D eigenvalue weighted by Gasteiger charge is 2.33. The van der Waals surface area contributed by atoms with Crippen LogP contribution in [0.4, 0.5) is 0 Å². The summed E-state index contributed by atoms with van der Waals surface area (Å²) >= 11 is 0. The highest BCUT2D eigenvalue weighted by atomic mass is 16.5. The second-order valence-electron chi connectivity index (χ2n) is 9.30. The maximum absolute atomic E-state index is 13.2. The Morgan fingerprint density at radius 3 is 2.67 bits per heavy atom. The number of rotatable bonds is 3. The van der Waals surface area contributed by atoms with Crippen molar-refractivity contribution in [2.24, 2.45) is 11.3 Å². The van der Waals surface area contributed by atoms with E-state index in [0.717, 1.165) is 41.4 Å². The molecule has 6 nitrogen and oxygen atoms in total. The van der Waals surface area contributed by atoms with Crippen molar-refractivity contribution in [2.45, 2.75) is 40.0 Å². The van der Waals surface area contributed by atoms with Crippen LogP contribution >= 0.6 is 0 Å². The molecule has 0 unspecified atom stereocenters. The summed E-state index contributed by atoms with van der Waals surface area (Å²) in [5.74, 6) is -0.137. The molecule has 0 spiro atoms. The molecule has 2 aromatic rings. The first kappa shape index (κ1) is 20.8. The van der Waals surface area contributed by atoms with Crippen molar-refractivity contribution >= 4 is 22.8 Å². The lowest BCUT2D eigenvalue weighted by molar-refractivity contribution is -0.138. The average Bonchev–Trinajstić information content (AvgIpc) is 2.75. The number of esters is 1. The predicted octanol–water partition coefficient (Wildman–Crippen LogP) is 3.40. The van der Waals surface area contributed by atoms with Gasteiger partial charge in [0.05, 0.1) is 24.3 Å². The van der Waals surface area contributed by atoms with Crippen LogP contribution in [0.3, 0.4) is 0 Å². The molecule has 4 rings (SSSR count). The van der Waals surface area contributed by atoms with Crippen molar-refractivity contribution in [3.8, 4) is 0 Å². The lowest BCUT2D eigenvalue weighted by atomic mass is 9.70. The third-order valence-corrected chi connectivity index (χ3v) is 6.38. The highest BCUT2D eigenvalue weighted by Crippen LogP contribution is 2.39.